The summed E-state index contributed by atoms with van der Waals surface area (Å²) < 4.78 is 0. The van der Waals surface area contributed by atoms with E-state index in [0.29, 0.717) is 6.04 Å². The number of aliphatic hydroxyl groups excluding tert-OH is 1. The highest BCUT2D eigenvalue weighted by Crippen LogP contribution is 2.25. The lowest BCUT2D eigenvalue weighted by molar-refractivity contribution is -0.122. The summed E-state index contributed by atoms with van der Waals surface area (Å²) in [7, 11) is 0. The average molecular weight is 454 g/mol. The molecule has 0 atom stereocenters. The summed E-state index contributed by atoms with van der Waals surface area (Å²) >= 11 is 0. The van der Waals surface area contributed by atoms with E-state index in [1.54, 1.807) is 0 Å². The average Bonchev–Trinajstić information content (AvgIpc) is 2.85. The van der Waals surface area contributed by atoms with Gasteiger partial charge in [0.15, 0.2) is 0 Å². The summed E-state index contributed by atoms with van der Waals surface area (Å²) in [5, 5.41) is 16.0. The molecule has 7 nitrogen and oxygen atoms in total. The number of β-amino-alcohol motifs (C(OH)–C–C–N with tert-alkyl or cyclic N) is 1. The van der Waals surface area contributed by atoms with Crippen LogP contribution in [0.5, 0.6) is 0 Å². The lowest BCUT2D eigenvalue weighted by Crippen LogP contribution is -2.54. The van der Waals surface area contributed by atoms with E-state index >= 15 is 0 Å². The van der Waals surface area contributed by atoms with Crippen LogP contribution < -0.4 is 0 Å². The minimum absolute atomic E-state index is 0.150. The standard InChI is InChI=1S/C25H33N3O2.CH2O2/c1-20-5-2-3-8-24(20)21-6-4-7-22(19-21)25(30)28-11-9-23(10-12-28)27-15-13-26(14-16-27)17-18-29;2-1-3/h2-8,19,23,29H,9-18H2,1H3;1H,(H,2,3). The maximum atomic E-state index is 13.1. The molecule has 0 aliphatic carbocycles. The smallest absolute Gasteiger partial charge is 0.290 e. The third-order valence-corrected chi connectivity index (χ3v) is 6.66. The number of hydrogen-bond donors (Lipinski definition) is 2. The van der Waals surface area contributed by atoms with Crippen molar-refractivity contribution in [2.24, 2.45) is 0 Å². The summed E-state index contributed by atoms with van der Waals surface area (Å²) in [5.74, 6) is 0.150. The summed E-state index contributed by atoms with van der Waals surface area (Å²) in [6.45, 7) is 8.74. The van der Waals surface area contributed by atoms with Crippen LogP contribution in [0.3, 0.4) is 0 Å². The zero-order valence-corrected chi connectivity index (χ0v) is 19.4. The molecule has 2 fully saturated rings. The number of amides is 1. The molecule has 0 bridgehead atoms. The number of rotatable bonds is 5. The van der Waals surface area contributed by atoms with E-state index in [-0.39, 0.29) is 19.0 Å². The molecule has 2 heterocycles. The molecule has 2 aromatic carbocycles. The Kier molecular flexibility index (Phi) is 9.42. The maximum absolute atomic E-state index is 13.1. The molecule has 0 spiro atoms. The van der Waals surface area contributed by atoms with E-state index in [1.807, 2.05) is 35.2 Å². The number of likely N-dealkylation sites (tertiary alicyclic amines) is 1. The van der Waals surface area contributed by atoms with Crippen LogP contribution in [0.1, 0.15) is 28.8 Å². The third kappa shape index (κ3) is 6.63. The fraction of sp³-hybridized carbons (Fsp3) is 0.462. The minimum Gasteiger partial charge on any atom is -0.483 e. The first-order valence-corrected chi connectivity index (χ1v) is 11.7. The number of carbonyl (C=O) groups is 2. The van der Waals surface area contributed by atoms with E-state index in [2.05, 4.69) is 34.9 Å². The van der Waals surface area contributed by atoms with Crippen molar-refractivity contribution in [3.05, 3.63) is 59.7 Å². The van der Waals surface area contributed by atoms with Crippen molar-refractivity contribution in [2.75, 3.05) is 52.4 Å². The highest BCUT2D eigenvalue weighted by atomic mass is 16.3. The van der Waals surface area contributed by atoms with Gasteiger partial charge in [-0.15, -0.1) is 0 Å². The van der Waals surface area contributed by atoms with E-state index in [4.69, 9.17) is 15.0 Å². The van der Waals surface area contributed by atoms with Crippen LogP contribution >= 0.6 is 0 Å². The number of carboxylic acid groups (broad SMARTS) is 1. The molecule has 2 saturated heterocycles. The predicted octanol–water partition coefficient (Wildman–Crippen LogP) is 2.58. The molecule has 33 heavy (non-hydrogen) atoms. The van der Waals surface area contributed by atoms with Gasteiger partial charge in [0, 0.05) is 57.4 Å². The zero-order valence-electron chi connectivity index (χ0n) is 19.4. The Hall–Kier alpha value is -2.74. The van der Waals surface area contributed by atoms with Gasteiger partial charge >= 0.3 is 0 Å². The highest BCUT2D eigenvalue weighted by molar-refractivity contribution is 5.95. The van der Waals surface area contributed by atoms with Gasteiger partial charge in [-0.1, -0.05) is 36.4 Å². The van der Waals surface area contributed by atoms with Gasteiger partial charge < -0.3 is 15.1 Å². The molecule has 4 rings (SSSR count). The number of piperazine rings is 1. The fourth-order valence-corrected chi connectivity index (χ4v) is 4.83. The van der Waals surface area contributed by atoms with Gasteiger partial charge in [-0.2, -0.15) is 0 Å². The Morgan fingerprint density at radius 1 is 1.00 bits per heavy atom. The summed E-state index contributed by atoms with van der Waals surface area (Å²) in [6.07, 6.45) is 2.09. The van der Waals surface area contributed by atoms with Crippen molar-refractivity contribution in [1.29, 1.82) is 0 Å². The minimum atomic E-state index is -0.250. The molecule has 0 saturated carbocycles. The number of piperidine rings is 1. The topological polar surface area (TPSA) is 84.3 Å². The molecule has 2 aromatic rings. The number of carbonyl (C=O) groups excluding carboxylic acids is 1. The van der Waals surface area contributed by atoms with Crippen molar-refractivity contribution < 1.29 is 19.8 Å². The first-order chi connectivity index (χ1) is 16.1. The third-order valence-electron chi connectivity index (χ3n) is 6.66. The van der Waals surface area contributed by atoms with Crippen molar-refractivity contribution in [3.63, 3.8) is 0 Å². The highest BCUT2D eigenvalue weighted by Gasteiger charge is 2.29. The van der Waals surface area contributed by atoms with Crippen LogP contribution in [0.2, 0.25) is 0 Å². The van der Waals surface area contributed by atoms with Crippen LogP contribution in [0, 0.1) is 6.92 Å². The first-order valence-electron chi connectivity index (χ1n) is 11.7. The van der Waals surface area contributed by atoms with Crippen molar-refractivity contribution >= 4 is 12.4 Å². The quantitative estimate of drug-likeness (QED) is 0.677. The molecule has 0 aromatic heterocycles. The zero-order chi connectivity index (χ0) is 23.6. The second-order valence-electron chi connectivity index (χ2n) is 8.63. The maximum Gasteiger partial charge on any atom is 0.290 e. The molecule has 1 amide bonds. The summed E-state index contributed by atoms with van der Waals surface area (Å²) in [6, 6.07) is 16.9. The molecular weight excluding hydrogens is 418 g/mol. The van der Waals surface area contributed by atoms with Crippen LogP contribution in [0.15, 0.2) is 48.5 Å². The van der Waals surface area contributed by atoms with Gasteiger partial charge in [0.25, 0.3) is 12.4 Å². The lowest BCUT2D eigenvalue weighted by atomic mass is 9.97. The number of aryl methyl sites for hydroxylation is 1. The van der Waals surface area contributed by atoms with Crippen molar-refractivity contribution in [2.45, 2.75) is 25.8 Å². The summed E-state index contributed by atoms with van der Waals surface area (Å²) in [4.78, 5) is 28.4. The number of aliphatic hydroxyl groups is 1. The molecule has 0 radical (unpaired) electrons. The van der Waals surface area contributed by atoms with Gasteiger partial charge in [-0.05, 0) is 48.6 Å². The van der Waals surface area contributed by atoms with Crippen molar-refractivity contribution in [1.82, 2.24) is 14.7 Å². The Morgan fingerprint density at radius 3 is 2.30 bits per heavy atom. The molecule has 2 aliphatic heterocycles. The van der Waals surface area contributed by atoms with Gasteiger partial charge in [0.2, 0.25) is 0 Å². The van der Waals surface area contributed by atoms with Gasteiger partial charge in [0.1, 0.15) is 0 Å². The van der Waals surface area contributed by atoms with Gasteiger partial charge in [0.05, 0.1) is 6.61 Å². The molecule has 0 unspecified atom stereocenters. The number of nitrogens with zero attached hydrogens (tertiary/aromatic N) is 3. The van der Waals surface area contributed by atoms with Crippen molar-refractivity contribution in [3.8, 4) is 11.1 Å². The molecule has 2 aliphatic rings. The van der Waals surface area contributed by atoms with E-state index in [1.165, 1.54) is 11.1 Å². The first kappa shape index (κ1) is 24.9. The SMILES string of the molecule is Cc1ccccc1-c1cccc(C(=O)N2CCC(N3CCN(CCO)CC3)CC2)c1.O=CO. The van der Waals surface area contributed by atoms with Crippen LogP contribution in [0.25, 0.3) is 11.1 Å². The Balaban J connectivity index is 0.000000968. The predicted molar refractivity (Wildman–Crippen MR) is 129 cm³/mol. The molecule has 7 heteroatoms. The Morgan fingerprint density at radius 2 is 1.67 bits per heavy atom. The van der Waals surface area contributed by atoms with E-state index in [9.17, 15) is 4.79 Å². The van der Waals surface area contributed by atoms with E-state index in [0.717, 1.165) is 69.8 Å². The van der Waals surface area contributed by atoms with Crippen LogP contribution in [-0.4, -0.2) is 95.8 Å². The fourth-order valence-electron chi connectivity index (χ4n) is 4.83. The number of hydrogen-bond acceptors (Lipinski definition) is 5. The largest absolute Gasteiger partial charge is 0.483 e. The summed E-state index contributed by atoms with van der Waals surface area (Å²) in [5.41, 5.74) is 4.30. The van der Waals surface area contributed by atoms with E-state index < -0.39 is 0 Å². The van der Waals surface area contributed by atoms with Gasteiger partial charge in [-0.25, -0.2) is 0 Å². The lowest BCUT2D eigenvalue weighted by Gasteiger charge is -2.42. The monoisotopic (exact) mass is 453 g/mol. The Bertz CT molecular complexity index is 904. The second kappa shape index (κ2) is 12.5. The second-order valence-corrected chi connectivity index (χ2v) is 8.63. The van der Waals surface area contributed by atoms with Crippen LogP contribution in [-0.2, 0) is 4.79 Å². The Labute approximate surface area is 196 Å². The number of benzene rings is 2. The molecule has 2 N–H and O–H groups in total. The molecular formula is C26H35N3O4. The van der Waals surface area contributed by atoms with Gasteiger partial charge in [-0.3, -0.25) is 19.4 Å². The molecule has 178 valence electrons. The normalized spacial score (nSPS) is 17.8. The van der Waals surface area contributed by atoms with Crippen LogP contribution in [0.4, 0.5) is 0 Å².